The van der Waals surface area contributed by atoms with Crippen LogP contribution in [0.5, 0.6) is 0 Å². The van der Waals surface area contributed by atoms with E-state index >= 15 is 0 Å². The summed E-state index contributed by atoms with van der Waals surface area (Å²) in [5, 5.41) is 12.4. The van der Waals surface area contributed by atoms with Gasteiger partial charge in [-0.1, -0.05) is 0 Å². The van der Waals surface area contributed by atoms with E-state index in [0.29, 0.717) is 0 Å². The first-order valence-corrected chi connectivity index (χ1v) is 7.30. The van der Waals surface area contributed by atoms with Crippen LogP contribution in [-0.4, -0.2) is 21.0 Å². The number of hydrogen-bond acceptors (Lipinski definition) is 5. The topological polar surface area (TPSA) is 101 Å². The lowest BCUT2D eigenvalue weighted by molar-refractivity contribution is -0.137. The average Bonchev–Trinajstić information content (AvgIpc) is 2.44. The number of alkyl halides is 3. The number of carbonyl (C=O) groups is 1. The summed E-state index contributed by atoms with van der Waals surface area (Å²) in [6.07, 6.45) is -3.57. The van der Waals surface area contributed by atoms with Gasteiger partial charge < -0.3 is 16.2 Å². The predicted molar refractivity (Wildman–Crippen MR) is 85.5 cm³/mol. The van der Waals surface area contributed by atoms with Crippen LogP contribution < -0.4 is 11.1 Å². The van der Waals surface area contributed by atoms with E-state index in [-0.39, 0.29) is 27.9 Å². The van der Waals surface area contributed by atoms with Crippen molar-refractivity contribution in [1.82, 2.24) is 9.97 Å². The summed E-state index contributed by atoms with van der Waals surface area (Å²) in [6.45, 7) is 2.70. The molecule has 1 aromatic carbocycles. The van der Waals surface area contributed by atoms with Gasteiger partial charge in [0.05, 0.1) is 11.2 Å². The van der Waals surface area contributed by atoms with Crippen LogP contribution in [0.15, 0.2) is 24.4 Å². The molecule has 1 amide bonds. The molecule has 25 heavy (non-hydrogen) atoms. The molecule has 10 heteroatoms. The second-order valence-corrected chi connectivity index (χ2v) is 6.08. The second-order valence-electron chi connectivity index (χ2n) is 5.75. The molecule has 0 saturated carbocycles. The number of amides is 1. The van der Waals surface area contributed by atoms with E-state index in [1.54, 1.807) is 0 Å². The van der Waals surface area contributed by atoms with Gasteiger partial charge in [-0.2, -0.15) is 18.2 Å². The molecule has 0 bridgehead atoms. The summed E-state index contributed by atoms with van der Waals surface area (Å²) < 4.78 is 39.3. The molecular weight excluding hydrogens is 361 g/mol. The van der Waals surface area contributed by atoms with Crippen molar-refractivity contribution in [2.45, 2.75) is 25.6 Å². The van der Waals surface area contributed by atoms with Crippen molar-refractivity contribution in [3.63, 3.8) is 0 Å². The summed E-state index contributed by atoms with van der Waals surface area (Å²) >= 11 is 5.66. The number of hydrogen-bond donors (Lipinski definition) is 3. The van der Waals surface area contributed by atoms with Crippen LogP contribution in [0.1, 0.15) is 35.3 Å². The van der Waals surface area contributed by atoms with Crippen molar-refractivity contribution in [1.29, 1.82) is 0 Å². The largest absolute Gasteiger partial charge is 0.416 e. The smallest absolute Gasteiger partial charge is 0.386 e. The fourth-order valence-corrected chi connectivity index (χ4v) is 2.12. The van der Waals surface area contributed by atoms with E-state index in [1.165, 1.54) is 19.9 Å². The molecule has 0 fully saturated rings. The molecule has 0 aliphatic carbocycles. The number of nitrogens with zero attached hydrogens (tertiary/aromatic N) is 2. The number of anilines is 2. The highest BCUT2D eigenvalue weighted by Crippen LogP contribution is 2.35. The Morgan fingerprint density at radius 3 is 2.36 bits per heavy atom. The Kier molecular flexibility index (Phi) is 4.92. The third-order valence-corrected chi connectivity index (χ3v) is 3.44. The minimum atomic E-state index is -4.63. The second kappa shape index (κ2) is 6.49. The van der Waals surface area contributed by atoms with Gasteiger partial charge in [0.1, 0.15) is 11.4 Å². The number of nitrogens with two attached hydrogens (primary N) is 1. The van der Waals surface area contributed by atoms with Crippen molar-refractivity contribution in [3.8, 4) is 0 Å². The lowest BCUT2D eigenvalue weighted by atomic mass is 9.95. The van der Waals surface area contributed by atoms with E-state index in [1.807, 2.05) is 0 Å². The Balaban J connectivity index is 2.57. The van der Waals surface area contributed by atoms with E-state index in [4.69, 9.17) is 17.3 Å². The maximum Gasteiger partial charge on any atom is 0.416 e. The molecule has 0 aliphatic heterocycles. The first-order chi connectivity index (χ1) is 11.4. The quantitative estimate of drug-likeness (QED) is 0.713. The summed E-state index contributed by atoms with van der Waals surface area (Å²) in [6, 6.07) is 2.96. The van der Waals surface area contributed by atoms with Crippen molar-refractivity contribution >= 4 is 29.0 Å². The Morgan fingerprint density at radius 2 is 1.84 bits per heavy atom. The van der Waals surface area contributed by atoms with Crippen molar-refractivity contribution in [3.05, 3.63) is 46.4 Å². The van der Waals surface area contributed by atoms with Gasteiger partial charge in [0, 0.05) is 11.9 Å². The molecule has 4 N–H and O–H groups in total. The van der Waals surface area contributed by atoms with Crippen LogP contribution in [0.2, 0.25) is 5.28 Å². The van der Waals surface area contributed by atoms with Crippen molar-refractivity contribution < 1.29 is 23.1 Å². The van der Waals surface area contributed by atoms with Gasteiger partial charge in [-0.25, -0.2) is 4.98 Å². The van der Waals surface area contributed by atoms with Gasteiger partial charge in [0.25, 0.3) is 5.91 Å². The molecule has 2 rings (SSSR count). The number of aliphatic hydroxyl groups is 1. The minimum absolute atomic E-state index is 0.0191. The van der Waals surface area contributed by atoms with Crippen LogP contribution in [0.3, 0.4) is 0 Å². The summed E-state index contributed by atoms with van der Waals surface area (Å²) in [5.74, 6) is -1.03. The molecular formula is C15H14ClF3N4O2. The SMILES string of the molecule is CC(C)(O)c1cc(Nc2nc(Cl)ncc2C(N)=O)cc(C(F)(F)F)c1. The third-order valence-electron chi connectivity index (χ3n) is 3.25. The van der Waals surface area contributed by atoms with Crippen molar-refractivity contribution in [2.24, 2.45) is 5.73 Å². The number of aromatic nitrogens is 2. The van der Waals surface area contributed by atoms with E-state index in [9.17, 15) is 23.1 Å². The number of carbonyl (C=O) groups excluding carboxylic acids is 1. The maximum absolute atomic E-state index is 13.1. The van der Waals surface area contributed by atoms with E-state index < -0.39 is 23.2 Å². The van der Waals surface area contributed by atoms with Gasteiger partial charge >= 0.3 is 6.18 Å². The molecule has 0 atom stereocenters. The molecule has 1 heterocycles. The lowest BCUT2D eigenvalue weighted by Crippen LogP contribution is -2.18. The number of rotatable bonds is 4. The fourth-order valence-electron chi connectivity index (χ4n) is 1.99. The van der Waals surface area contributed by atoms with Crippen LogP contribution in [0.25, 0.3) is 0 Å². The van der Waals surface area contributed by atoms with Crippen LogP contribution >= 0.6 is 11.6 Å². The number of halogens is 4. The predicted octanol–water partition coefficient (Wildman–Crippen LogP) is 3.22. The zero-order valence-electron chi connectivity index (χ0n) is 13.1. The molecule has 2 aromatic rings. The van der Waals surface area contributed by atoms with Gasteiger partial charge in [0.2, 0.25) is 5.28 Å². The fraction of sp³-hybridized carbons (Fsp3) is 0.267. The molecule has 6 nitrogen and oxygen atoms in total. The minimum Gasteiger partial charge on any atom is -0.386 e. The number of benzene rings is 1. The Morgan fingerprint density at radius 1 is 1.24 bits per heavy atom. The Labute approximate surface area is 145 Å². The van der Waals surface area contributed by atoms with E-state index in [2.05, 4.69) is 15.3 Å². The average molecular weight is 375 g/mol. The number of nitrogens with one attached hydrogen (secondary N) is 1. The summed E-state index contributed by atoms with van der Waals surface area (Å²) in [5.41, 5.74) is 2.52. The molecule has 0 radical (unpaired) electrons. The van der Waals surface area contributed by atoms with Gasteiger partial charge in [-0.3, -0.25) is 4.79 Å². The zero-order chi connectivity index (χ0) is 19.0. The van der Waals surface area contributed by atoms with E-state index in [0.717, 1.165) is 18.3 Å². The monoisotopic (exact) mass is 374 g/mol. The normalized spacial score (nSPS) is 12.1. The standard InChI is InChI=1S/C15H14ClF3N4O2/c1-14(2,25)7-3-8(15(17,18)19)5-9(4-7)22-12-10(11(20)24)6-21-13(16)23-12/h3-6,25H,1-2H3,(H2,20,24)(H,21,22,23). The van der Waals surface area contributed by atoms with Crippen molar-refractivity contribution in [2.75, 3.05) is 5.32 Å². The lowest BCUT2D eigenvalue weighted by Gasteiger charge is -2.21. The highest BCUT2D eigenvalue weighted by Gasteiger charge is 2.33. The molecule has 0 aliphatic rings. The van der Waals surface area contributed by atoms with Gasteiger partial charge in [0.15, 0.2) is 0 Å². The summed E-state index contributed by atoms with van der Waals surface area (Å²) in [4.78, 5) is 18.8. The molecule has 0 unspecified atom stereocenters. The maximum atomic E-state index is 13.1. The highest BCUT2D eigenvalue weighted by molar-refractivity contribution is 6.28. The molecule has 134 valence electrons. The third kappa shape index (κ3) is 4.58. The Hall–Kier alpha value is -2.39. The summed E-state index contributed by atoms with van der Waals surface area (Å²) in [7, 11) is 0. The van der Waals surface area contributed by atoms with Crippen LogP contribution in [-0.2, 0) is 11.8 Å². The van der Waals surface area contributed by atoms with Crippen LogP contribution in [0.4, 0.5) is 24.7 Å². The molecule has 0 saturated heterocycles. The van der Waals surface area contributed by atoms with Gasteiger partial charge in [-0.05, 0) is 49.2 Å². The first kappa shape index (κ1) is 18.9. The number of primary amides is 1. The van der Waals surface area contributed by atoms with Gasteiger partial charge in [-0.15, -0.1) is 0 Å². The van der Waals surface area contributed by atoms with Crippen LogP contribution in [0, 0.1) is 0 Å². The zero-order valence-corrected chi connectivity index (χ0v) is 13.9. The Bertz CT molecular complexity index is 787. The first-order valence-electron chi connectivity index (χ1n) is 6.92. The molecule has 0 spiro atoms. The molecule has 1 aromatic heterocycles. The highest BCUT2D eigenvalue weighted by atomic mass is 35.5.